The number of aryl methyl sites for hydroxylation is 1. The van der Waals surface area contributed by atoms with Gasteiger partial charge < -0.3 is 5.32 Å². The molecule has 1 amide bonds. The Labute approximate surface area is 204 Å². The average molecular weight is 533 g/mol. The van der Waals surface area contributed by atoms with E-state index >= 15 is 0 Å². The highest BCUT2D eigenvalue weighted by molar-refractivity contribution is 9.10. The van der Waals surface area contributed by atoms with Crippen LogP contribution in [0.25, 0.3) is 0 Å². The van der Waals surface area contributed by atoms with Crippen molar-refractivity contribution < 1.29 is 4.79 Å². The molecule has 32 heavy (non-hydrogen) atoms. The first-order valence-electron chi connectivity index (χ1n) is 9.87. The summed E-state index contributed by atoms with van der Waals surface area (Å²) in [6.45, 7) is 4.95. The van der Waals surface area contributed by atoms with E-state index < -0.39 is 0 Å². The number of nitrogens with one attached hydrogen (secondary N) is 1. The van der Waals surface area contributed by atoms with Crippen molar-refractivity contribution in [3.8, 4) is 0 Å². The summed E-state index contributed by atoms with van der Waals surface area (Å²) < 4.78 is 4.60. The second-order valence-electron chi connectivity index (χ2n) is 7.42. The molecule has 0 aliphatic rings. The van der Waals surface area contributed by atoms with E-state index in [-0.39, 0.29) is 5.91 Å². The van der Waals surface area contributed by atoms with E-state index in [4.69, 9.17) is 23.2 Å². The second kappa shape index (κ2) is 9.48. The summed E-state index contributed by atoms with van der Waals surface area (Å²) in [5.41, 5.74) is 4.89. The quantitative estimate of drug-likeness (QED) is 0.325. The fourth-order valence-corrected chi connectivity index (χ4v) is 4.18. The largest absolute Gasteiger partial charge is 0.319 e. The van der Waals surface area contributed by atoms with Crippen LogP contribution in [0.15, 0.2) is 59.3 Å². The van der Waals surface area contributed by atoms with Crippen LogP contribution in [0.1, 0.15) is 32.9 Å². The zero-order valence-electron chi connectivity index (χ0n) is 17.4. The van der Waals surface area contributed by atoms with Gasteiger partial charge in [-0.3, -0.25) is 14.2 Å². The maximum absolute atomic E-state index is 12.8. The molecule has 2 aromatic carbocycles. The van der Waals surface area contributed by atoms with E-state index in [1.54, 1.807) is 41.3 Å². The molecule has 1 N–H and O–H groups in total. The van der Waals surface area contributed by atoms with Crippen LogP contribution in [0.2, 0.25) is 10.0 Å². The number of nitrogens with zero attached hydrogens (tertiary/aromatic N) is 4. The van der Waals surface area contributed by atoms with Gasteiger partial charge in [0.05, 0.1) is 40.8 Å². The SMILES string of the molecule is Cc1nn(Cc2cccc(C(=O)Nc3cnn(Cc4c(Cl)cccc4Cl)c3)c2)c(C)c1Br. The van der Waals surface area contributed by atoms with Crippen molar-refractivity contribution in [1.29, 1.82) is 0 Å². The normalized spacial score (nSPS) is 11.0. The lowest BCUT2D eigenvalue weighted by molar-refractivity contribution is 0.102. The lowest BCUT2D eigenvalue weighted by Gasteiger charge is -2.08. The predicted molar refractivity (Wildman–Crippen MR) is 131 cm³/mol. The molecule has 0 bridgehead atoms. The molecule has 2 aromatic heterocycles. The van der Waals surface area contributed by atoms with Crippen LogP contribution >= 0.6 is 39.1 Å². The maximum atomic E-state index is 12.8. The molecule has 0 radical (unpaired) electrons. The molecular formula is C23H20BrCl2N5O. The Morgan fingerprint density at radius 1 is 1.09 bits per heavy atom. The van der Waals surface area contributed by atoms with E-state index in [1.807, 2.05) is 36.7 Å². The van der Waals surface area contributed by atoms with E-state index in [0.29, 0.717) is 34.4 Å². The molecule has 0 atom stereocenters. The van der Waals surface area contributed by atoms with Gasteiger partial charge in [-0.25, -0.2) is 0 Å². The maximum Gasteiger partial charge on any atom is 0.255 e. The van der Waals surface area contributed by atoms with Crippen molar-refractivity contribution in [1.82, 2.24) is 19.6 Å². The molecule has 0 spiro atoms. The van der Waals surface area contributed by atoms with Crippen molar-refractivity contribution in [2.45, 2.75) is 26.9 Å². The van der Waals surface area contributed by atoms with Gasteiger partial charge in [-0.15, -0.1) is 0 Å². The Kier molecular flexibility index (Phi) is 6.69. The smallest absolute Gasteiger partial charge is 0.255 e. The monoisotopic (exact) mass is 531 g/mol. The molecule has 4 rings (SSSR count). The van der Waals surface area contributed by atoms with Crippen LogP contribution in [-0.2, 0) is 13.1 Å². The minimum absolute atomic E-state index is 0.211. The molecule has 9 heteroatoms. The molecule has 2 heterocycles. The molecule has 0 unspecified atom stereocenters. The molecular weight excluding hydrogens is 513 g/mol. The summed E-state index contributed by atoms with van der Waals surface area (Å²) in [7, 11) is 0. The third kappa shape index (κ3) is 4.90. The highest BCUT2D eigenvalue weighted by Gasteiger charge is 2.12. The molecule has 164 valence electrons. The second-order valence-corrected chi connectivity index (χ2v) is 9.03. The molecule has 0 saturated carbocycles. The topological polar surface area (TPSA) is 64.7 Å². The van der Waals surface area contributed by atoms with Crippen LogP contribution in [-0.4, -0.2) is 25.5 Å². The molecule has 0 saturated heterocycles. The third-order valence-electron chi connectivity index (χ3n) is 5.09. The Morgan fingerprint density at radius 3 is 2.50 bits per heavy atom. The van der Waals surface area contributed by atoms with Crippen molar-refractivity contribution in [2.24, 2.45) is 0 Å². The molecule has 6 nitrogen and oxygen atoms in total. The van der Waals surface area contributed by atoms with Gasteiger partial charge in [-0.2, -0.15) is 10.2 Å². The van der Waals surface area contributed by atoms with Crippen LogP contribution in [0.5, 0.6) is 0 Å². The number of aromatic nitrogens is 4. The Balaban J connectivity index is 1.45. The van der Waals surface area contributed by atoms with Gasteiger partial charge in [-0.05, 0) is 59.6 Å². The first kappa shape index (κ1) is 22.6. The van der Waals surface area contributed by atoms with Gasteiger partial charge in [-0.1, -0.05) is 41.4 Å². The fraction of sp³-hybridized carbons (Fsp3) is 0.174. The summed E-state index contributed by atoms with van der Waals surface area (Å²) in [4.78, 5) is 12.8. The summed E-state index contributed by atoms with van der Waals surface area (Å²) in [6.07, 6.45) is 3.34. The highest BCUT2D eigenvalue weighted by Crippen LogP contribution is 2.25. The van der Waals surface area contributed by atoms with Gasteiger partial charge >= 0.3 is 0 Å². The van der Waals surface area contributed by atoms with Gasteiger partial charge in [0.1, 0.15) is 0 Å². The number of hydrogen-bond donors (Lipinski definition) is 1. The van der Waals surface area contributed by atoms with Crippen LogP contribution in [0, 0.1) is 13.8 Å². The van der Waals surface area contributed by atoms with E-state index in [2.05, 4.69) is 31.4 Å². The highest BCUT2D eigenvalue weighted by atomic mass is 79.9. The Hall–Kier alpha value is -2.61. The molecule has 0 aliphatic heterocycles. The minimum atomic E-state index is -0.211. The standard InChI is InChI=1S/C23H20BrCl2N5O/c1-14-22(24)15(2)31(29-14)11-16-5-3-6-17(9-16)23(32)28-18-10-27-30(12-18)13-19-20(25)7-4-8-21(19)26/h3-10,12H,11,13H2,1-2H3,(H,28,32). The fourth-order valence-electron chi connectivity index (χ4n) is 3.38. The molecule has 4 aromatic rings. The van der Waals surface area contributed by atoms with E-state index in [0.717, 1.165) is 27.0 Å². The third-order valence-corrected chi connectivity index (χ3v) is 6.94. The number of carbonyl (C=O) groups excluding carboxylic acids is 1. The summed E-state index contributed by atoms with van der Waals surface area (Å²) in [6, 6.07) is 12.9. The number of hydrogen-bond acceptors (Lipinski definition) is 3. The minimum Gasteiger partial charge on any atom is -0.319 e. The number of amides is 1. The summed E-state index contributed by atoms with van der Waals surface area (Å²) in [5.74, 6) is -0.211. The van der Waals surface area contributed by atoms with E-state index in [9.17, 15) is 4.79 Å². The number of anilines is 1. The lowest BCUT2D eigenvalue weighted by Crippen LogP contribution is -2.12. The number of carbonyl (C=O) groups is 1. The van der Waals surface area contributed by atoms with Gasteiger partial charge in [0.2, 0.25) is 0 Å². The summed E-state index contributed by atoms with van der Waals surface area (Å²) >= 11 is 16.0. The molecule has 0 aliphatic carbocycles. The zero-order valence-corrected chi connectivity index (χ0v) is 20.5. The number of benzene rings is 2. The Bertz CT molecular complexity index is 1280. The zero-order chi connectivity index (χ0) is 22.8. The Morgan fingerprint density at radius 2 is 1.81 bits per heavy atom. The van der Waals surface area contributed by atoms with Crippen molar-refractivity contribution >= 4 is 50.7 Å². The first-order valence-corrected chi connectivity index (χ1v) is 11.4. The van der Waals surface area contributed by atoms with E-state index in [1.165, 1.54) is 0 Å². The van der Waals surface area contributed by atoms with Crippen LogP contribution < -0.4 is 5.32 Å². The molecule has 0 fully saturated rings. The first-order chi connectivity index (χ1) is 15.3. The van der Waals surface area contributed by atoms with Gasteiger partial charge in [0.25, 0.3) is 5.91 Å². The summed E-state index contributed by atoms with van der Waals surface area (Å²) in [5, 5.41) is 12.9. The predicted octanol–water partition coefficient (Wildman–Crippen LogP) is 6.11. The van der Waals surface area contributed by atoms with Gasteiger partial charge in [0, 0.05) is 27.4 Å². The van der Waals surface area contributed by atoms with Crippen LogP contribution in [0.4, 0.5) is 5.69 Å². The van der Waals surface area contributed by atoms with Gasteiger partial charge in [0.15, 0.2) is 0 Å². The number of rotatable bonds is 6. The lowest BCUT2D eigenvalue weighted by atomic mass is 10.1. The van der Waals surface area contributed by atoms with Crippen molar-refractivity contribution in [3.63, 3.8) is 0 Å². The average Bonchev–Trinajstić information content (AvgIpc) is 3.30. The van der Waals surface area contributed by atoms with Crippen molar-refractivity contribution in [2.75, 3.05) is 5.32 Å². The van der Waals surface area contributed by atoms with Crippen molar-refractivity contribution in [3.05, 3.63) is 97.5 Å². The van der Waals surface area contributed by atoms with Crippen LogP contribution in [0.3, 0.4) is 0 Å². The number of halogens is 3.